The summed E-state index contributed by atoms with van der Waals surface area (Å²) in [6, 6.07) is 6.02. The zero-order valence-electron chi connectivity index (χ0n) is 19.6. The molecule has 1 aromatic carbocycles. The van der Waals surface area contributed by atoms with Crippen LogP contribution in [0.2, 0.25) is 0 Å². The van der Waals surface area contributed by atoms with Gasteiger partial charge in [0.1, 0.15) is 6.61 Å². The molecule has 0 spiro atoms. The third kappa shape index (κ3) is 5.58. The molecule has 1 aliphatic heterocycles. The fourth-order valence-corrected chi connectivity index (χ4v) is 5.30. The summed E-state index contributed by atoms with van der Waals surface area (Å²) < 4.78 is 12.2. The topological polar surface area (TPSA) is 109 Å². The highest BCUT2D eigenvalue weighted by Gasteiger charge is 2.41. The van der Waals surface area contributed by atoms with Crippen LogP contribution in [-0.4, -0.2) is 35.8 Å². The second-order valence-electron chi connectivity index (χ2n) is 8.50. The molecule has 0 bridgehead atoms. The van der Waals surface area contributed by atoms with Crippen molar-refractivity contribution < 1.29 is 24.2 Å². The number of benzene rings is 1. The Labute approximate surface area is 208 Å². The second-order valence-corrected chi connectivity index (χ2v) is 9.35. The highest BCUT2D eigenvalue weighted by atomic mass is 79.9. The molecule has 0 saturated heterocycles. The van der Waals surface area contributed by atoms with E-state index in [0.717, 1.165) is 36.6 Å². The lowest BCUT2D eigenvalue weighted by atomic mass is 9.70. The predicted octanol–water partition coefficient (Wildman–Crippen LogP) is 5.60. The number of nitriles is 1. The van der Waals surface area contributed by atoms with Crippen LogP contribution in [0.1, 0.15) is 57.9 Å². The van der Waals surface area contributed by atoms with Crippen LogP contribution in [0.15, 0.2) is 45.0 Å². The van der Waals surface area contributed by atoms with Gasteiger partial charge in [0.05, 0.1) is 23.1 Å². The Morgan fingerprint density at radius 2 is 2.09 bits per heavy atom. The second kappa shape index (κ2) is 11.5. The van der Waals surface area contributed by atoms with Crippen molar-refractivity contribution in [1.82, 2.24) is 0 Å². The molecule has 8 heteroatoms. The number of ketones is 1. The minimum Gasteiger partial charge on any atom is -0.490 e. The van der Waals surface area contributed by atoms with E-state index in [4.69, 9.17) is 19.6 Å². The largest absolute Gasteiger partial charge is 0.490 e. The number of hydrogen-bond acceptors (Lipinski definition) is 6. The molecule has 3 rings (SSSR count). The van der Waals surface area contributed by atoms with Gasteiger partial charge >= 0.3 is 5.97 Å². The molecule has 0 amide bonds. The lowest BCUT2D eigenvalue weighted by Gasteiger charge is -2.35. The Balaban J connectivity index is 2.05. The summed E-state index contributed by atoms with van der Waals surface area (Å²) in [4.78, 5) is 28.7. The molecular weight excluding hydrogens is 500 g/mol. The first kappa shape index (κ1) is 25.7. The molecule has 1 aromatic rings. The van der Waals surface area contributed by atoms with E-state index >= 15 is 0 Å². The minimum absolute atomic E-state index is 0.0486. The quantitative estimate of drug-likeness (QED) is 0.417. The van der Waals surface area contributed by atoms with Gasteiger partial charge in [0, 0.05) is 35.4 Å². The van der Waals surface area contributed by atoms with E-state index in [9.17, 15) is 14.9 Å². The summed E-state index contributed by atoms with van der Waals surface area (Å²) in [5.41, 5.74) is 2.93. The first-order valence-corrected chi connectivity index (χ1v) is 12.3. The van der Waals surface area contributed by atoms with Gasteiger partial charge in [-0.25, -0.2) is 4.79 Å². The SMILES string of the molecule is CCCC1CC(=O)C2=C(C1)N=C(C)C(C#N)C2c1cc(Br)c(OCC=CC(=O)O)c(OCC)c1. The number of allylic oxidation sites excluding steroid dienone is 2. The Hall–Kier alpha value is -2.92. The normalized spacial score (nSPS) is 22.3. The first-order chi connectivity index (χ1) is 16.3. The highest BCUT2D eigenvalue weighted by Crippen LogP contribution is 2.48. The van der Waals surface area contributed by atoms with Gasteiger partial charge in [-0.1, -0.05) is 13.3 Å². The van der Waals surface area contributed by atoms with Crippen LogP contribution >= 0.6 is 15.9 Å². The Bertz CT molecular complexity index is 1100. The van der Waals surface area contributed by atoms with Crippen LogP contribution in [-0.2, 0) is 9.59 Å². The average Bonchev–Trinajstić information content (AvgIpc) is 2.77. The zero-order valence-corrected chi connectivity index (χ0v) is 21.2. The van der Waals surface area contributed by atoms with Gasteiger partial charge in [0.15, 0.2) is 17.3 Å². The van der Waals surface area contributed by atoms with Crippen molar-refractivity contribution in [3.63, 3.8) is 0 Å². The molecular formula is C26H29BrN2O5. The fraction of sp³-hybridized carbons (Fsp3) is 0.462. The smallest absolute Gasteiger partial charge is 0.328 e. The molecule has 3 unspecified atom stereocenters. The number of ether oxygens (including phenoxy) is 2. The number of nitrogens with zero attached hydrogens (tertiary/aromatic N) is 2. The molecule has 180 valence electrons. The number of carbonyl (C=O) groups excluding carboxylic acids is 1. The van der Waals surface area contributed by atoms with Gasteiger partial charge in [-0.2, -0.15) is 5.26 Å². The molecule has 3 atom stereocenters. The van der Waals surface area contributed by atoms with Crippen molar-refractivity contribution in [1.29, 1.82) is 5.26 Å². The predicted molar refractivity (Wildman–Crippen MR) is 132 cm³/mol. The number of rotatable bonds is 9. The van der Waals surface area contributed by atoms with Crippen LogP contribution in [0.4, 0.5) is 0 Å². The van der Waals surface area contributed by atoms with Crippen molar-refractivity contribution in [2.75, 3.05) is 13.2 Å². The van der Waals surface area contributed by atoms with Gasteiger partial charge in [-0.3, -0.25) is 9.79 Å². The number of carbonyl (C=O) groups is 2. The van der Waals surface area contributed by atoms with Crippen LogP contribution < -0.4 is 9.47 Å². The molecule has 0 saturated carbocycles. The van der Waals surface area contributed by atoms with Crippen molar-refractivity contribution in [3.8, 4) is 17.6 Å². The molecule has 2 aliphatic rings. The van der Waals surface area contributed by atoms with E-state index in [2.05, 4.69) is 28.9 Å². The summed E-state index contributed by atoms with van der Waals surface area (Å²) in [7, 11) is 0. The third-order valence-corrected chi connectivity index (χ3v) is 6.67. The summed E-state index contributed by atoms with van der Waals surface area (Å²) in [5, 5.41) is 18.8. The van der Waals surface area contributed by atoms with Crippen molar-refractivity contribution >= 4 is 33.4 Å². The molecule has 34 heavy (non-hydrogen) atoms. The number of aliphatic imine (C=N–C) groups is 1. The Morgan fingerprint density at radius 3 is 2.74 bits per heavy atom. The van der Waals surface area contributed by atoms with Crippen LogP contribution in [0.3, 0.4) is 0 Å². The zero-order chi connectivity index (χ0) is 24.8. The summed E-state index contributed by atoms with van der Waals surface area (Å²) >= 11 is 3.55. The van der Waals surface area contributed by atoms with Gasteiger partial charge in [0.25, 0.3) is 0 Å². The number of carboxylic acid groups (broad SMARTS) is 1. The summed E-state index contributed by atoms with van der Waals surface area (Å²) in [6.45, 7) is 6.25. The van der Waals surface area contributed by atoms with Crippen LogP contribution in [0.25, 0.3) is 0 Å². The number of hydrogen-bond donors (Lipinski definition) is 1. The highest BCUT2D eigenvalue weighted by molar-refractivity contribution is 9.10. The maximum Gasteiger partial charge on any atom is 0.328 e. The molecule has 1 heterocycles. The summed E-state index contributed by atoms with van der Waals surface area (Å²) in [6.07, 6.45) is 5.63. The van der Waals surface area contributed by atoms with E-state index in [-0.39, 0.29) is 18.3 Å². The van der Waals surface area contributed by atoms with Crippen molar-refractivity contribution in [2.45, 2.75) is 52.4 Å². The number of Topliss-reactive ketones (excluding diaryl/α,β-unsaturated/α-hetero) is 1. The van der Waals surface area contributed by atoms with Gasteiger partial charge in [0.2, 0.25) is 0 Å². The average molecular weight is 529 g/mol. The number of carboxylic acids is 1. The molecule has 0 aromatic heterocycles. The van der Waals surface area contributed by atoms with Gasteiger partial charge in [-0.05, 0) is 72.3 Å². The molecule has 0 fully saturated rings. The first-order valence-electron chi connectivity index (χ1n) is 11.5. The third-order valence-electron chi connectivity index (χ3n) is 6.08. The standard InChI is InChI=1S/C26H29BrN2O5/c1-4-7-16-10-20-25(21(30)11-16)24(18(14-28)15(3)29-20)17-12-19(27)26(22(13-17)33-5-2)34-9-6-8-23(31)32/h6,8,12-13,16,18,24H,4-5,7,9-11H2,1-3H3,(H,31,32). The maximum absolute atomic E-state index is 13.3. The van der Waals surface area contributed by atoms with Crippen molar-refractivity contribution in [2.24, 2.45) is 16.8 Å². The maximum atomic E-state index is 13.3. The number of halogens is 1. The molecule has 7 nitrogen and oxygen atoms in total. The molecule has 1 aliphatic carbocycles. The van der Waals surface area contributed by atoms with Crippen LogP contribution in [0.5, 0.6) is 11.5 Å². The van der Waals surface area contributed by atoms with Crippen molar-refractivity contribution in [3.05, 3.63) is 45.6 Å². The van der Waals surface area contributed by atoms with E-state index < -0.39 is 17.8 Å². The van der Waals surface area contributed by atoms with E-state index in [1.54, 1.807) is 0 Å². The van der Waals surface area contributed by atoms with E-state index in [0.29, 0.717) is 40.3 Å². The van der Waals surface area contributed by atoms with Gasteiger partial charge < -0.3 is 14.6 Å². The monoisotopic (exact) mass is 528 g/mol. The van der Waals surface area contributed by atoms with E-state index in [1.165, 1.54) is 6.08 Å². The summed E-state index contributed by atoms with van der Waals surface area (Å²) in [5.74, 6) is -0.811. The molecule has 1 N–H and O–H groups in total. The lowest BCUT2D eigenvalue weighted by Crippen LogP contribution is -2.32. The minimum atomic E-state index is -1.05. The Kier molecular flexibility index (Phi) is 8.67. The number of aliphatic carboxylic acids is 1. The van der Waals surface area contributed by atoms with E-state index in [1.807, 2.05) is 26.0 Å². The lowest BCUT2D eigenvalue weighted by molar-refractivity contribution is -0.131. The Morgan fingerprint density at radius 1 is 1.32 bits per heavy atom. The fourth-order valence-electron chi connectivity index (χ4n) is 4.73. The van der Waals surface area contributed by atoms with Crippen LogP contribution in [0, 0.1) is 23.2 Å². The van der Waals surface area contributed by atoms with Gasteiger partial charge in [-0.15, -0.1) is 0 Å². The molecule has 0 radical (unpaired) electrons.